The van der Waals surface area contributed by atoms with Gasteiger partial charge < -0.3 is 20.5 Å². The third-order valence-corrected chi connectivity index (χ3v) is 2.62. The van der Waals surface area contributed by atoms with Crippen LogP contribution in [0.3, 0.4) is 0 Å². The van der Waals surface area contributed by atoms with E-state index in [1.807, 2.05) is 27.8 Å². The van der Waals surface area contributed by atoms with E-state index in [0.717, 1.165) is 6.42 Å². The first-order valence-corrected chi connectivity index (χ1v) is 5.66. The molecular formula is C11H22N2O3. The molecule has 3 N–H and O–H groups in total. The average Bonchev–Trinajstić information content (AvgIpc) is 2.42. The van der Waals surface area contributed by atoms with Crippen molar-refractivity contribution in [3.8, 4) is 0 Å². The second-order valence-corrected chi connectivity index (χ2v) is 5.28. The molecule has 1 amide bonds. The fourth-order valence-corrected chi connectivity index (χ4v) is 1.92. The Morgan fingerprint density at radius 3 is 2.44 bits per heavy atom. The van der Waals surface area contributed by atoms with Gasteiger partial charge in [0.05, 0.1) is 6.10 Å². The molecule has 0 radical (unpaired) electrons. The molecular weight excluding hydrogens is 208 g/mol. The lowest BCUT2D eigenvalue weighted by atomic mass is 10.2. The molecule has 0 aliphatic heterocycles. The number of hydrogen-bond donors (Lipinski definition) is 3. The molecule has 1 fully saturated rings. The van der Waals surface area contributed by atoms with Crippen LogP contribution < -0.4 is 10.6 Å². The molecule has 0 aromatic carbocycles. The van der Waals surface area contributed by atoms with E-state index in [1.165, 1.54) is 0 Å². The van der Waals surface area contributed by atoms with Crippen molar-refractivity contribution in [2.75, 3.05) is 7.05 Å². The highest BCUT2D eigenvalue weighted by Crippen LogP contribution is 2.20. The van der Waals surface area contributed by atoms with Gasteiger partial charge in [0.1, 0.15) is 5.60 Å². The lowest BCUT2D eigenvalue weighted by Crippen LogP contribution is -2.38. The Morgan fingerprint density at radius 1 is 1.38 bits per heavy atom. The average molecular weight is 230 g/mol. The molecule has 94 valence electrons. The van der Waals surface area contributed by atoms with Crippen molar-refractivity contribution in [2.45, 2.75) is 57.4 Å². The van der Waals surface area contributed by atoms with Gasteiger partial charge in [-0.3, -0.25) is 0 Å². The molecule has 5 nitrogen and oxygen atoms in total. The number of nitrogens with one attached hydrogen (secondary N) is 2. The standard InChI is InChI=1S/C11H22N2O3/c1-11(2,3)16-10(15)13-7-5-8(12-4)9(14)6-7/h7-9,12,14H,5-6H2,1-4H3,(H,13,15)/t7-,8+,9-/m1/s1. The maximum atomic E-state index is 11.5. The number of likely N-dealkylation sites (N-methyl/N-ethyl adjacent to an activating group) is 1. The van der Waals surface area contributed by atoms with E-state index >= 15 is 0 Å². The number of aliphatic hydroxyl groups excluding tert-OH is 1. The van der Waals surface area contributed by atoms with Gasteiger partial charge in [-0.1, -0.05) is 0 Å². The summed E-state index contributed by atoms with van der Waals surface area (Å²) in [5, 5.41) is 15.4. The number of carbonyl (C=O) groups is 1. The monoisotopic (exact) mass is 230 g/mol. The van der Waals surface area contributed by atoms with Crippen LogP contribution in [-0.4, -0.2) is 42.0 Å². The van der Waals surface area contributed by atoms with Crippen molar-refractivity contribution < 1.29 is 14.6 Å². The van der Waals surface area contributed by atoms with E-state index in [2.05, 4.69) is 10.6 Å². The van der Waals surface area contributed by atoms with Crippen LogP contribution in [0.4, 0.5) is 4.79 Å². The van der Waals surface area contributed by atoms with Gasteiger partial charge >= 0.3 is 6.09 Å². The van der Waals surface area contributed by atoms with Crippen molar-refractivity contribution in [2.24, 2.45) is 0 Å². The quantitative estimate of drug-likeness (QED) is 0.650. The Labute approximate surface area is 96.6 Å². The van der Waals surface area contributed by atoms with Gasteiger partial charge in [-0.25, -0.2) is 4.79 Å². The molecule has 0 bridgehead atoms. The van der Waals surface area contributed by atoms with Crippen LogP contribution in [-0.2, 0) is 4.74 Å². The molecule has 3 atom stereocenters. The van der Waals surface area contributed by atoms with Gasteiger partial charge in [0.2, 0.25) is 0 Å². The van der Waals surface area contributed by atoms with E-state index in [1.54, 1.807) is 0 Å². The normalized spacial score (nSPS) is 30.2. The van der Waals surface area contributed by atoms with E-state index in [-0.39, 0.29) is 12.1 Å². The number of aliphatic hydroxyl groups is 1. The molecule has 0 aromatic heterocycles. The Bertz CT molecular complexity index is 250. The molecule has 5 heteroatoms. The lowest BCUT2D eigenvalue weighted by molar-refractivity contribution is 0.0502. The molecule has 1 aliphatic carbocycles. The summed E-state index contributed by atoms with van der Waals surface area (Å²) in [4.78, 5) is 11.5. The van der Waals surface area contributed by atoms with E-state index in [4.69, 9.17) is 4.74 Å². The number of ether oxygens (including phenoxy) is 1. The summed E-state index contributed by atoms with van der Waals surface area (Å²) < 4.78 is 5.15. The summed E-state index contributed by atoms with van der Waals surface area (Å²) in [5.41, 5.74) is -0.482. The third kappa shape index (κ3) is 3.98. The maximum Gasteiger partial charge on any atom is 0.407 e. The SMILES string of the molecule is CN[C@H]1C[C@@H](NC(=O)OC(C)(C)C)C[C@H]1O. The van der Waals surface area contributed by atoms with Gasteiger partial charge in [-0.2, -0.15) is 0 Å². The van der Waals surface area contributed by atoms with E-state index in [9.17, 15) is 9.90 Å². The minimum absolute atomic E-state index is 0.0118. The molecule has 0 aromatic rings. The molecule has 16 heavy (non-hydrogen) atoms. The molecule has 0 spiro atoms. The minimum Gasteiger partial charge on any atom is -0.444 e. The van der Waals surface area contributed by atoms with Crippen LogP contribution >= 0.6 is 0 Å². The van der Waals surface area contributed by atoms with Crippen molar-refractivity contribution in [1.82, 2.24) is 10.6 Å². The van der Waals surface area contributed by atoms with Crippen LogP contribution in [0.2, 0.25) is 0 Å². The zero-order valence-electron chi connectivity index (χ0n) is 10.4. The summed E-state index contributed by atoms with van der Waals surface area (Å²) in [6, 6.07) is 0.0437. The summed E-state index contributed by atoms with van der Waals surface area (Å²) in [6.07, 6.45) is 0.494. The second kappa shape index (κ2) is 5.01. The third-order valence-electron chi connectivity index (χ3n) is 2.62. The van der Waals surface area contributed by atoms with Crippen molar-refractivity contribution >= 4 is 6.09 Å². The van der Waals surface area contributed by atoms with Crippen molar-refractivity contribution in [3.63, 3.8) is 0 Å². The van der Waals surface area contributed by atoms with Crippen molar-refractivity contribution in [3.05, 3.63) is 0 Å². The lowest BCUT2D eigenvalue weighted by Gasteiger charge is -2.21. The van der Waals surface area contributed by atoms with E-state index in [0.29, 0.717) is 6.42 Å². The van der Waals surface area contributed by atoms with Gasteiger partial charge in [-0.15, -0.1) is 0 Å². The number of amides is 1. The number of hydrogen-bond acceptors (Lipinski definition) is 4. The maximum absolute atomic E-state index is 11.5. The van der Waals surface area contributed by atoms with Gasteiger partial charge in [0.15, 0.2) is 0 Å². The smallest absolute Gasteiger partial charge is 0.407 e. The Kier molecular flexibility index (Phi) is 4.15. The number of alkyl carbamates (subject to hydrolysis) is 1. The van der Waals surface area contributed by atoms with Crippen LogP contribution in [0.15, 0.2) is 0 Å². The fourth-order valence-electron chi connectivity index (χ4n) is 1.92. The molecule has 1 saturated carbocycles. The molecule has 1 aliphatic rings. The molecule has 1 rings (SSSR count). The fraction of sp³-hybridized carbons (Fsp3) is 0.909. The zero-order valence-corrected chi connectivity index (χ0v) is 10.4. The highest BCUT2D eigenvalue weighted by atomic mass is 16.6. The van der Waals surface area contributed by atoms with Crippen LogP contribution in [0.1, 0.15) is 33.6 Å². The van der Waals surface area contributed by atoms with Gasteiger partial charge in [-0.05, 0) is 40.7 Å². The number of carbonyl (C=O) groups excluding carboxylic acids is 1. The zero-order chi connectivity index (χ0) is 12.3. The van der Waals surface area contributed by atoms with Crippen LogP contribution in [0.25, 0.3) is 0 Å². The topological polar surface area (TPSA) is 70.6 Å². The Morgan fingerprint density at radius 2 is 2.00 bits per heavy atom. The first-order chi connectivity index (χ1) is 7.31. The van der Waals surface area contributed by atoms with Crippen LogP contribution in [0, 0.1) is 0 Å². The Balaban J connectivity index is 2.36. The molecule has 0 saturated heterocycles. The largest absolute Gasteiger partial charge is 0.444 e. The predicted molar refractivity (Wildman–Crippen MR) is 61.2 cm³/mol. The minimum atomic E-state index is -0.482. The summed E-state index contributed by atoms with van der Waals surface area (Å²) >= 11 is 0. The van der Waals surface area contributed by atoms with Crippen molar-refractivity contribution in [1.29, 1.82) is 0 Å². The van der Waals surface area contributed by atoms with Crippen LogP contribution in [0.5, 0.6) is 0 Å². The summed E-state index contributed by atoms with van der Waals surface area (Å²) in [6.45, 7) is 5.48. The first-order valence-electron chi connectivity index (χ1n) is 5.66. The van der Waals surface area contributed by atoms with E-state index < -0.39 is 17.8 Å². The van der Waals surface area contributed by atoms with Gasteiger partial charge in [0.25, 0.3) is 0 Å². The molecule has 0 heterocycles. The molecule has 0 unspecified atom stereocenters. The predicted octanol–water partition coefficient (Wildman–Crippen LogP) is 0.622. The summed E-state index contributed by atoms with van der Waals surface area (Å²) in [5.74, 6) is 0. The number of rotatable bonds is 2. The highest BCUT2D eigenvalue weighted by molar-refractivity contribution is 5.68. The first kappa shape index (κ1) is 13.3. The summed E-state index contributed by atoms with van der Waals surface area (Å²) in [7, 11) is 1.81. The Hall–Kier alpha value is -0.810. The highest BCUT2D eigenvalue weighted by Gasteiger charge is 2.33. The second-order valence-electron chi connectivity index (χ2n) is 5.28. The van der Waals surface area contributed by atoms with Gasteiger partial charge in [0, 0.05) is 12.1 Å².